The van der Waals surface area contributed by atoms with Gasteiger partial charge >= 0.3 is 0 Å². The third kappa shape index (κ3) is 3.89. The molecular weight excluding hydrogens is 464 g/mol. The first-order valence-electron chi connectivity index (χ1n) is 11.4. The number of halogens is 1. The van der Waals surface area contributed by atoms with E-state index in [4.69, 9.17) is 27.2 Å². The van der Waals surface area contributed by atoms with Crippen molar-refractivity contribution in [1.82, 2.24) is 30.0 Å². The van der Waals surface area contributed by atoms with E-state index in [0.29, 0.717) is 40.1 Å². The molecule has 0 spiro atoms. The van der Waals surface area contributed by atoms with E-state index in [-0.39, 0.29) is 6.04 Å². The van der Waals surface area contributed by atoms with Gasteiger partial charge in [0.25, 0.3) is 0 Å². The summed E-state index contributed by atoms with van der Waals surface area (Å²) in [6.07, 6.45) is 5.06. The third-order valence-electron chi connectivity index (χ3n) is 6.37. The van der Waals surface area contributed by atoms with Gasteiger partial charge in [-0.25, -0.2) is 14.6 Å². The number of amidine groups is 1. The molecule has 0 bridgehead atoms. The predicted octanol–water partition coefficient (Wildman–Crippen LogP) is 4.03. The van der Waals surface area contributed by atoms with Crippen molar-refractivity contribution in [3.63, 3.8) is 0 Å². The fourth-order valence-electron chi connectivity index (χ4n) is 4.84. The van der Waals surface area contributed by atoms with Crippen LogP contribution in [0.5, 0.6) is 5.75 Å². The van der Waals surface area contributed by atoms with Crippen molar-refractivity contribution >= 4 is 34.3 Å². The van der Waals surface area contributed by atoms with Crippen molar-refractivity contribution in [2.75, 3.05) is 26.4 Å². The average molecular weight is 495 g/mol. The van der Waals surface area contributed by atoms with Crippen molar-refractivity contribution < 1.29 is 4.74 Å². The Bertz CT molecular complexity index is 1360. The van der Waals surface area contributed by atoms with Crippen LogP contribution >= 0.6 is 11.6 Å². The number of hydrogen-bond acceptors (Lipinski definition) is 7. The molecule has 184 valence electrons. The fraction of sp³-hybridized carbons (Fsp3) is 0.360. The number of aromatic nitrogens is 4. The number of anilines is 1. The van der Waals surface area contributed by atoms with E-state index in [9.17, 15) is 5.41 Å². The highest BCUT2D eigenvalue weighted by molar-refractivity contribution is 6.31. The van der Waals surface area contributed by atoms with Crippen LogP contribution in [0.2, 0.25) is 0 Å². The average Bonchev–Trinajstić information content (AvgIpc) is 3.16. The molecule has 2 atom stereocenters. The quantitative estimate of drug-likeness (QED) is 0.349. The molecule has 3 aromatic rings. The van der Waals surface area contributed by atoms with Gasteiger partial charge in [-0.1, -0.05) is 23.7 Å². The fourth-order valence-corrected chi connectivity index (χ4v) is 5.01. The van der Waals surface area contributed by atoms with Crippen LogP contribution in [0.25, 0.3) is 11.0 Å². The lowest BCUT2D eigenvalue weighted by molar-refractivity contribution is 0.325. The van der Waals surface area contributed by atoms with Gasteiger partial charge in [0.2, 0.25) is 0 Å². The lowest BCUT2D eigenvalue weighted by Crippen LogP contribution is -2.56. The molecule has 0 saturated carbocycles. The molecular formula is C25H31ClN8O. The van der Waals surface area contributed by atoms with Gasteiger partial charge in [-0.3, -0.25) is 5.41 Å². The summed E-state index contributed by atoms with van der Waals surface area (Å²) in [5, 5.41) is 18.8. The van der Waals surface area contributed by atoms with Crippen LogP contribution in [0, 0.1) is 19.3 Å². The number of rotatable bonds is 6. The maximum atomic E-state index is 9.32. The molecule has 0 amide bonds. The molecule has 0 aliphatic carbocycles. The lowest BCUT2D eigenvalue weighted by atomic mass is 9.74. The summed E-state index contributed by atoms with van der Waals surface area (Å²) in [6.45, 7) is 8.36. The molecule has 35 heavy (non-hydrogen) atoms. The standard InChI is InChI=1S/C25H31ClN8O/c1-7-35-19-10-8-9-14(2)21(19)25(24(28)33(5)6)18(11-17(26)12-31-25)16(4)34-23-20(15(3)32-34)22(27)29-13-30-23/h8-13,16,28,31H,7H2,1-6H3,(H2,27,29,30). The number of allylic oxidation sites excluding steroid dienone is 2. The Hall–Kier alpha value is -3.59. The Labute approximate surface area is 210 Å². The van der Waals surface area contributed by atoms with Crippen LogP contribution in [0.1, 0.15) is 36.7 Å². The largest absolute Gasteiger partial charge is 0.493 e. The van der Waals surface area contributed by atoms with Crippen LogP contribution in [0.4, 0.5) is 5.82 Å². The second-order valence-electron chi connectivity index (χ2n) is 8.81. The van der Waals surface area contributed by atoms with Crippen LogP contribution in [0.3, 0.4) is 0 Å². The minimum Gasteiger partial charge on any atom is -0.493 e. The molecule has 9 nitrogen and oxygen atoms in total. The zero-order valence-corrected chi connectivity index (χ0v) is 21.6. The number of ether oxygens (including phenoxy) is 1. The molecule has 4 rings (SSSR count). The van der Waals surface area contributed by atoms with Crippen molar-refractivity contribution in [2.45, 2.75) is 39.3 Å². The Morgan fingerprint density at radius 2 is 2.06 bits per heavy atom. The minimum absolute atomic E-state index is 0.327. The molecule has 2 unspecified atom stereocenters. The molecule has 1 aromatic carbocycles. The van der Waals surface area contributed by atoms with Gasteiger partial charge in [-0.2, -0.15) is 5.10 Å². The van der Waals surface area contributed by atoms with Gasteiger partial charge in [-0.15, -0.1) is 0 Å². The third-order valence-corrected chi connectivity index (χ3v) is 6.59. The topological polar surface area (TPSA) is 118 Å². The number of aryl methyl sites for hydroxylation is 2. The Balaban J connectivity index is 2.03. The molecule has 0 saturated heterocycles. The molecule has 0 radical (unpaired) electrons. The maximum absolute atomic E-state index is 9.32. The van der Waals surface area contributed by atoms with Crippen LogP contribution in [-0.2, 0) is 5.54 Å². The van der Waals surface area contributed by atoms with E-state index in [1.807, 2.05) is 70.7 Å². The molecule has 0 fully saturated rings. The lowest BCUT2D eigenvalue weighted by Gasteiger charge is -2.44. The first-order valence-corrected chi connectivity index (χ1v) is 11.8. The van der Waals surface area contributed by atoms with Gasteiger partial charge in [-0.05, 0) is 51.0 Å². The van der Waals surface area contributed by atoms with Crippen LogP contribution in [-0.4, -0.2) is 51.2 Å². The number of fused-ring (bicyclic) bond motifs is 1. The zero-order valence-electron chi connectivity index (χ0n) is 20.8. The summed E-state index contributed by atoms with van der Waals surface area (Å²) in [4.78, 5) is 10.4. The molecule has 2 aromatic heterocycles. The first kappa shape index (κ1) is 24.5. The van der Waals surface area contributed by atoms with E-state index in [2.05, 4.69) is 15.3 Å². The number of nitrogens with zero attached hydrogens (tertiary/aromatic N) is 5. The Morgan fingerprint density at radius 3 is 2.74 bits per heavy atom. The van der Waals surface area contributed by atoms with Crippen molar-refractivity contribution in [1.29, 1.82) is 5.41 Å². The van der Waals surface area contributed by atoms with E-state index < -0.39 is 5.54 Å². The van der Waals surface area contributed by atoms with Gasteiger partial charge < -0.3 is 20.7 Å². The zero-order chi connectivity index (χ0) is 25.5. The minimum atomic E-state index is -1.08. The highest BCUT2D eigenvalue weighted by Gasteiger charge is 2.48. The summed E-state index contributed by atoms with van der Waals surface area (Å²) >= 11 is 6.56. The number of likely N-dealkylation sites (N-methyl/N-ethyl adjacent to an activating group) is 1. The van der Waals surface area contributed by atoms with Gasteiger partial charge in [0, 0.05) is 25.9 Å². The number of nitrogen functional groups attached to an aromatic ring is 1. The highest BCUT2D eigenvalue weighted by atomic mass is 35.5. The summed E-state index contributed by atoms with van der Waals surface area (Å²) in [5.41, 5.74) is 9.07. The molecule has 1 aliphatic heterocycles. The van der Waals surface area contributed by atoms with Crippen LogP contribution in [0.15, 0.2) is 47.4 Å². The monoisotopic (exact) mass is 494 g/mol. The molecule has 4 N–H and O–H groups in total. The second kappa shape index (κ2) is 9.22. The molecule has 1 aliphatic rings. The summed E-state index contributed by atoms with van der Waals surface area (Å²) in [6, 6.07) is 5.56. The van der Waals surface area contributed by atoms with E-state index in [1.54, 1.807) is 11.1 Å². The number of dihydropyridines is 1. The van der Waals surface area contributed by atoms with Crippen LogP contribution < -0.4 is 15.8 Å². The summed E-state index contributed by atoms with van der Waals surface area (Å²) < 4.78 is 7.90. The predicted molar refractivity (Wildman–Crippen MR) is 140 cm³/mol. The Kier molecular flexibility index (Phi) is 6.46. The van der Waals surface area contributed by atoms with Crippen molar-refractivity contribution in [3.05, 3.63) is 64.2 Å². The van der Waals surface area contributed by atoms with Gasteiger partial charge in [0.1, 0.15) is 29.3 Å². The number of hydrogen-bond donors (Lipinski definition) is 3. The smallest absolute Gasteiger partial charge is 0.164 e. The number of benzene rings is 1. The maximum Gasteiger partial charge on any atom is 0.164 e. The number of nitrogens with one attached hydrogen (secondary N) is 2. The summed E-state index contributed by atoms with van der Waals surface area (Å²) in [5.74, 6) is 1.40. The molecule has 10 heteroatoms. The highest BCUT2D eigenvalue weighted by Crippen LogP contribution is 2.46. The van der Waals surface area contributed by atoms with Gasteiger partial charge in [0.05, 0.1) is 28.8 Å². The van der Waals surface area contributed by atoms with Gasteiger partial charge in [0.15, 0.2) is 5.65 Å². The SMILES string of the molecule is CCOc1cccc(C)c1C1(C(=N)N(C)C)NC=C(Cl)C=C1C(C)n1nc(C)c2c(N)ncnc21. The van der Waals surface area contributed by atoms with E-state index >= 15 is 0 Å². The number of nitrogens with two attached hydrogens (primary N) is 1. The summed E-state index contributed by atoms with van der Waals surface area (Å²) in [7, 11) is 3.71. The molecule has 3 heterocycles. The Morgan fingerprint density at radius 1 is 1.31 bits per heavy atom. The second-order valence-corrected chi connectivity index (χ2v) is 9.25. The normalized spacial score (nSPS) is 18.5. The van der Waals surface area contributed by atoms with E-state index in [0.717, 1.165) is 22.4 Å². The first-order chi connectivity index (χ1) is 16.6. The van der Waals surface area contributed by atoms with Crippen molar-refractivity contribution in [3.8, 4) is 5.75 Å². The van der Waals surface area contributed by atoms with E-state index in [1.165, 1.54) is 6.33 Å². The van der Waals surface area contributed by atoms with Crippen molar-refractivity contribution in [2.24, 2.45) is 0 Å².